The molecule has 5 rings (SSSR count). The van der Waals surface area contributed by atoms with Crippen LogP contribution >= 0.6 is 0 Å². The van der Waals surface area contributed by atoms with E-state index in [0.717, 1.165) is 38.3 Å². The molecule has 3 aromatic heterocycles. The third kappa shape index (κ3) is 3.18. The molecule has 0 N–H and O–H groups in total. The highest BCUT2D eigenvalue weighted by molar-refractivity contribution is 5.60. The molecule has 1 fully saturated rings. The van der Waals surface area contributed by atoms with E-state index in [0.29, 0.717) is 22.8 Å². The minimum absolute atomic E-state index is 0.281. The van der Waals surface area contributed by atoms with Crippen molar-refractivity contribution in [2.75, 3.05) is 13.1 Å². The molecule has 1 aliphatic rings. The number of likely N-dealkylation sites (tertiary alicyclic amines) is 1. The number of benzene rings is 1. The molecule has 1 saturated heterocycles. The maximum atomic E-state index is 14.2. The Kier molecular flexibility index (Phi) is 4.37. The molecule has 0 unspecified atom stereocenters. The van der Waals surface area contributed by atoms with E-state index in [1.807, 2.05) is 18.2 Å². The monoisotopic (exact) mass is 377 g/mol. The minimum atomic E-state index is -0.281. The number of nitrogens with zero attached hydrogens (tertiary/aromatic N) is 5. The lowest BCUT2D eigenvalue weighted by Crippen LogP contribution is -2.33. The molecule has 28 heavy (non-hydrogen) atoms. The van der Waals surface area contributed by atoms with E-state index in [4.69, 9.17) is 4.42 Å². The normalized spacial score (nSPS) is 16.0. The molecular weight excluding hydrogens is 357 g/mol. The van der Waals surface area contributed by atoms with Crippen LogP contribution < -0.4 is 0 Å². The van der Waals surface area contributed by atoms with Crippen molar-refractivity contribution in [1.29, 1.82) is 0 Å². The number of fused-ring (bicyclic) bond motifs is 1. The maximum Gasteiger partial charge on any atom is 0.177 e. The Morgan fingerprint density at radius 2 is 1.89 bits per heavy atom. The highest BCUT2D eigenvalue weighted by atomic mass is 19.1. The van der Waals surface area contributed by atoms with Crippen molar-refractivity contribution in [2.45, 2.75) is 25.3 Å². The van der Waals surface area contributed by atoms with E-state index in [1.165, 1.54) is 11.6 Å². The first-order chi connectivity index (χ1) is 13.8. The fourth-order valence-electron chi connectivity index (χ4n) is 3.86. The predicted octanol–water partition coefficient (Wildman–Crippen LogP) is 3.90. The SMILES string of the molecule is Fc1ccccc1-c1ccc2nnc(C3CCN(Cc4ccoc4)CC3)n2n1. The first kappa shape index (κ1) is 17.1. The van der Waals surface area contributed by atoms with Crippen LogP contribution in [0.1, 0.15) is 30.1 Å². The summed E-state index contributed by atoms with van der Waals surface area (Å²) in [5.41, 5.74) is 2.96. The molecule has 0 radical (unpaired) electrons. The largest absolute Gasteiger partial charge is 0.472 e. The quantitative estimate of drug-likeness (QED) is 0.540. The van der Waals surface area contributed by atoms with Gasteiger partial charge in [0, 0.05) is 23.6 Å². The molecule has 4 aromatic rings. The molecular formula is C21H20FN5O. The number of aromatic nitrogens is 4. The van der Waals surface area contributed by atoms with Gasteiger partial charge >= 0.3 is 0 Å². The zero-order valence-electron chi connectivity index (χ0n) is 15.3. The zero-order chi connectivity index (χ0) is 18.9. The van der Waals surface area contributed by atoms with Gasteiger partial charge in [0.05, 0.1) is 18.2 Å². The van der Waals surface area contributed by atoms with Gasteiger partial charge in [-0.15, -0.1) is 10.2 Å². The first-order valence-corrected chi connectivity index (χ1v) is 9.48. The van der Waals surface area contributed by atoms with Gasteiger partial charge in [0.25, 0.3) is 0 Å². The Hall–Kier alpha value is -3.06. The molecule has 142 valence electrons. The van der Waals surface area contributed by atoms with Gasteiger partial charge in [-0.1, -0.05) is 12.1 Å². The molecule has 1 aromatic carbocycles. The van der Waals surface area contributed by atoms with Crippen molar-refractivity contribution in [3.63, 3.8) is 0 Å². The second-order valence-electron chi connectivity index (χ2n) is 7.21. The van der Waals surface area contributed by atoms with Crippen molar-refractivity contribution in [3.8, 4) is 11.3 Å². The lowest BCUT2D eigenvalue weighted by Gasteiger charge is -2.30. The third-order valence-corrected chi connectivity index (χ3v) is 5.38. The summed E-state index contributed by atoms with van der Waals surface area (Å²) in [6, 6.07) is 12.3. The summed E-state index contributed by atoms with van der Waals surface area (Å²) in [6.45, 7) is 2.87. The maximum absolute atomic E-state index is 14.2. The summed E-state index contributed by atoms with van der Waals surface area (Å²) < 4.78 is 21.1. The van der Waals surface area contributed by atoms with Crippen LogP contribution in [-0.4, -0.2) is 37.8 Å². The van der Waals surface area contributed by atoms with Gasteiger partial charge in [-0.05, 0) is 56.3 Å². The summed E-state index contributed by atoms with van der Waals surface area (Å²) in [5, 5.41) is 13.3. The van der Waals surface area contributed by atoms with Crippen molar-refractivity contribution in [1.82, 2.24) is 24.7 Å². The number of rotatable bonds is 4. The number of furan rings is 1. The number of hydrogen-bond acceptors (Lipinski definition) is 5. The minimum Gasteiger partial charge on any atom is -0.472 e. The number of hydrogen-bond donors (Lipinski definition) is 0. The first-order valence-electron chi connectivity index (χ1n) is 9.48. The molecule has 0 bridgehead atoms. The Bertz CT molecular complexity index is 1080. The molecule has 7 heteroatoms. The van der Waals surface area contributed by atoms with Crippen LogP contribution in [0.15, 0.2) is 59.4 Å². The summed E-state index contributed by atoms with van der Waals surface area (Å²) >= 11 is 0. The van der Waals surface area contributed by atoms with Crippen molar-refractivity contribution < 1.29 is 8.81 Å². The lowest BCUT2D eigenvalue weighted by molar-refractivity contribution is 0.200. The fourth-order valence-corrected chi connectivity index (χ4v) is 3.86. The van der Waals surface area contributed by atoms with Gasteiger partial charge in [-0.25, -0.2) is 4.39 Å². The van der Waals surface area contributed by atoms with Gasteiger partial charge in [0.15, 0.2) is 11.5 Å². The van der Waals surface area contributed by atoms with E-state index in [-0.39, 0.29) is 5.82 Å². The third-order valence-electron chi connectivity index (χ3n) is 5.38. The standard InChI is InChI=1S/C21H20FN5O/c22-18-4-2-1-3-17(18)19-5-6-20-23-24-21(27(20)25-19)16-7-10-26(11-8-16)13-15-9-12-28-14-15/h1-6,9,12,14,16H,7-8,10-11,13H2. The number of halogens is 1. The topological polar surface area (TPSA) is 59.5 Å². The molecule has 0 spiro atoms. The van der Waals surface area contributed by atoms with E-state index >= 15 is 0 Å². The smallest absolute Gasteiger partial charge is 0.177 e. The second-order valence-corrected chi connectivity index (χ2v) is 7.21. The zero-order valence-corrected chi connectivity index (χ0v) is 15.3. The molecule has 6 nitrogen and oxygen atoms in total. The Morgan fingerprint density at radius 3 is 2.68 bits per heavy atom. The highest BCUT2D eigenvalue weighted by Crippen LogP contribution is 2.28. The molecule has 0 aliphatic carbocycles. The molecule has 0 atom stereocenters. The van der Waals surface area contributed by atoms with E-state index in [2.05, 4.69) is 20.2 Å². The van der Waals surface area contributed by atoms with Gasteiger partial charge in [0.1, 0.15) is 5.82 Å². The second kappa shape index (κ2) is 7.16. The highest BCUT2D eigenvalue weighted by Gasteiger charge is 2.25. The van der Waals surface area contributed by atoms with Crippen molar-refractivity contribution in [2.24, 2.45) is 0 Å². The fraction of sp³-hybridized carbons (Fsp3) is 0.286. The summed E-state index contributed by atoms with van der Waals surface area (Å²) in [4.78, 5) is 2.42. The van der Waals surface area contributed by atoms with Crippen molar-refractivity contribution >= 4 is 5.65 Å². The van der Waals surface area contributed by atoms with Crippen LogP contribution in [0.4, 0.5) is 4.39 Å². The lowest BCUT2D eigenvalue weighted by atomic mass is 9.96. The van der Waals surface area contributed by atoms with E-state index in [1.54, 1.807) is 35.2 Å². The van der Waals surface area contributed by atoms with Gasteiger partial charge in [0.2, 0.25) is 0 Å². The molecule has 1 aliphatic heterocycles. The Morgan fingerprint density at radius 1 is 1.04 bits per heavy atom. The van der Waals surface area contributed by atoms with E-state index < -0.39 is 0 Å². The Balaban J connectivity index is 1.38. The van der Waals surface area contributed by atoms with Crippen molar-refractivity contribution in [3.05, 3.63) is 72.2 Å². The predicted molar refractivity (Wildman–Crippen MR) is 102 cm³/mol. The van der Waals surface area contributed by atoms with Gasteiger partial charge in [-0.3, -0.25) is 4.90 Å². The van der Waals surface area contributed by atoms with Crippen LogP contribution in [0.3, 0.4) is 0 Å². The summed E-state index contributed by atoms with van der Waals surface area (Å²) in [7, 11) is 0. The van der Waals surface area contributed by atoms with Crippen LogP contribution in [-0.2, 0) is 6.54 Å². The van der Waals surface area contributed by atoms with Crippen LogP contribution in [0.25, 0.3) is 16.9 Å². The molecule has 0 amide bonds. The molecule has 0 saturated carbocycles. The van der Waals surface area contributed by atoms with Crippen LogP contribution in [0.2, 0.25) is 0 Å². The van der Waals surface area contributed by atoms with Gasteiger partial charge in [-0.2, -0.15) is 9.61 Å². The van der Waals surface area contributed by atoms with Crippen LogP contribution in [0, 0.1) is 5.82 Å². The average molecular weight is 377 g/mol. The van der Waals surface area contributed by atoms with Gasteiger partial charge < -0.3 is 4.42 Å². The number of piperidine rings is 1. The van der Waals surface area contributed by atoms with E-state index in [9.17, 15) is 4.39 Å². The summed E-state index contributed by atoms with van der Waals surface area (Å²) in [5.74, 6) is 0.867. The summed E-state index contributed by atoms with van der Waals surface area (Å²) in [6.07, 6.45) is 5.49. The Labute approximate surface area is 161 Å². The van der Waals surface area contributed by atoms with Crippen LogP contribution in [0.5, 0.6) is 0 Å². The molecule has 4 heterocycles. The average Bonchev–Trinajstić information content (AvgIpc) is 3.38.